The number of aromatic nitrogens is 2. The molecular formula is C17H25N3. The summed E-state index contributed by atoms with van der Waals surface area (Å²) < 4.78 is 2.00. The molecule has 1 aromatic carbocycles. The number of nitrogens with zero attached hydrogens (tertiary/aromatic N) is 2. The smallest absolute Gasteiger partial charge is 0.0604 e. The quantitative estimate of drug-likeness (QED) is 0.873. The van der Waals surface area contributed by atoms with Crippen LogP contribution >= 0.6 is 0 Å². The molecule has 108 valence electrons. The summed E-state index contributed by atoms with van der Waals surface area (Å²) in [5.41, 5.74) is 3.92. The lowest BCUT2D eigenvalue weighted by Crippen LogP contribution is -2.22. The van der Waals surface area contributed by atoms with E-state index in [1.54, 1.807) is 0 Å². The molecule has 1 heterocycles. The molecule has 1 unspecified atom stereocenters. The summed E-state index contributed by atoms with van der Waals surface area (Å²) in [7, 11) is 2.00. The first kappa shape index (κ1) is 14.8. The lowest BCUT2D eigenvalue weighted by molar-refractivity contribution is 0.468. The van der Waals surface area contributed by atoms with Gasteiger partial charge in [0.25, 0.3) is 0 Å². The van der Waals surface area contributed by atoms with Crippen molar-refractivity contribution in [3.63, 3.8) is 0 Å². The van der Waals surface area contributed by atoms with Gasteiger partial charge in [0.05, 0.1) is 18.8 Å². The molecule has 0 radical (unpaired) electrons. The highest BCUT2D eigenvalue weighted by molar-refractivity contribution is 5.25. The van der Waals surface area contributed by atoms with Gasteiger partial charge >= 0.3 is 0 Å². The minimum Gasteiger partial charge on any atom is -0.311 e. The number of hydrogen-bond acceptors (Lipinski definition) is 2. The van der Waals surface area contributed by atoms with E-state index in [4.69, 9.17) is 0 Å². The average molecular weight is 271 g/mol. The van der Waals surface area contributed by atoms with Crippen LogP contribution in [0.4, 0.5) is 0 Å². The van der Waals surface area contributed by atoms with Gasteiger partial charge in [0.2, 0.25) is 0 Å². The van der Waals surface area contributed by atoms with Gasteiger partial charge in [-0.1, -0.05) is 38.1 Å². The first-order valence-corrected chi connectivity index (χ1v) is 7.33. The number of aryl methyl sites for hydroxylation is 1. The van der Waals surface area contributed by atoms with Crippen LogP contribution in [0.2, 0.25) is 0 Å². The number of hydrogen-bond donors (Lipinski definition) is 1. The number of likely N-dealkylation sites (N-methyl/N-ethyl adjacent to an activating group) is 1. The molecule has 0 aliphatic carbocycles. The Kier molecular flexibility index (Phi) is 4.96. The Bertz CT molecular complexity index is 525. The standard InChI is InChI=1S/C17H25N3/c1-13(2)9-15-5-7-16(8-6-15)17(18-4)12-20-11-14(3)10-19-20/h5-8,10-11,13,17-18H,9,12H2,1-4H3. The highest BCUT2D eigenvalue weighted by Crippen LogP contribution is 2.17. The third-order valence-electron chi connectivity index (χ3n) is 3.51. The topological polar surface area (TPSA) is 29.9 Å². The van der Waals surface area contributed by atoms with Crippen molar-refractivity contribution in [2.75, 3.05) is 7.05 Å². The molecule has 1 aromatic heterocycles. The molecule has 0 fully saturated rings. The second-order valence-corrected chi connectivity index (χ2v) is 5.92. The number of benzene rings is 1. The van der Waals surface area contributed by atoms with E-state index in [0.717, 1.165) is 13.0 Å². The summed E-state index contributed by atoms with van der Waals surface area (Å²) >= 11 is 0. The number of nitrogens with one attached hydrogen (secondary N) is 1. The van der Waals surface area contributed by atoms with Crippen molar-refractivity contribution in [1.82, 2.24) is 15.1 Å². The molecule has 0 amide bonds. The predicted octanol–water partition coefficient (Wildman–Crippen LogP) is 3.35. The van der Waals surface area contributed by atoms with Gasteiger partial charge in [-0.25, -0.2) is 0 Å². The zero-order valence-electron chi connectivity index (χ0n) is 12.9. The SMILES string of the molecule is CNC(Cn1cc(C)cn1)c1ccc(CC(C)C)cc1. The van der Waals surface area contributed by atoms with Crippen LogP contribution in [0.5, 0.6) is 0 Å². The maximum absolute atomic E-state index is 4.36. The fourth-order valence-electron chi connectivity index (χ4n) is 2.47. The van der Waals surface area contributed by atoms with Gasteiger partial charge in [-0.3, -0.25) is 4.68 Å². The molecule has 2 aromatic rings. The molecule has 0 bridgehead atoms. The van der Waals surface area contributed by atoms with Gasteiger partial charge in [-0.2, -0.15) is 5.10 Å². The van der Waals surface area contributed by atoms with E-state index >= 15 is 0 Å². The minimum absolute atomic E-state index is 0.294. The van der Waals surface area contributed by atoms with Crippen molar-refractivity contribution in [3.8, 4) is 0 Å². The van der Waals surface area contributed by atoms with Gasteiger partial charge < -0.3 is 5.32 Å². The van der Waals surface area contributed by atoms with Crippen molar-refractivity contribution in [2.45, 2.75) is 39.8 Å². The monoisotopic (exact) mass is 271 g/mol. The first-order valence-electron chi connectivity index (χ1n) is 7.33. The normalized spacial score (nSPS) is 12.8. The van der Waals surface area contributed by atoms with Crippen LogP contribution in [0.25, 0.3) is 0 Å². The molecule has 0 spiro atoms. The third kappa shape index (κ3) is 3.94. The Hall–Kier alpha value is -1.61. The van der Waals surface area contributed by atoms with Crippen LogP contribution in [0.1, 0.15) is 36.6 Å². The summed E-state index contributed by atoms with van der Waals surface area (Å²) in [6.45, 7) is 7.43. The summed E-state index contributed by atoms with van der Waals surface area (Å²) in [5, 5.41) is 7.74. The fraction of sp³-hybridized carbons (Fsp3) is 0.471. The van der Waals surface area contributed by atoms with Crippen LogP contribution in [-0.4, -0.2) is 16.8 Å². The highest BCUT2D eigenvalue weighted by Gasteiger charge is 2.10. The summed E-state index contributed by atoms with van der Waals surface area (Å²) in [6, 6.07) is 9.24. The van der Waals surface area contributed by atoms with E-state index in [2.05, 4.69) is 61.6 Å². The highest BCUT2D eigenvalue weighted by atomic mass is 15.3. The number of rotatable bonds is 6. The first-order chi connectivity index (χ1) is 9.58. The Balaban J connectivity index is 2.07. The minimum atomic E-state index is 0.294. The Morgan fingerprint density at radius 1 is 1.20 bits per heavy atom. The zero-order valence-corrected chi connectivity index (χ0v) is 12.9. The van der Waals surface area contributed by atoms with E-state index in [1.807, 2.05) is 17.9 Å². The van der Waals surface area contributed by atoms with Crippen LogP contribution < -0.4 is 5.32 Å². The third-order valence-corrected chi connectivity index (χ3v) is 3.51. The molecule has 1 N–H and O–H groups in total. The molecular weight excluding hydrogens is 246 g/mol. The maximum Gasteiger partial charge on any atom is 0.0604 e. The van der Waals surface area contributed by atoms with E-state index in [0.29, 0.717) is 12.0 Å². The Labute approximate surface area is 122 Å². The lowest BCUT2D eigenvalue weighted by Gasteiger charge is -2.17. The van der Waals surface area contributed by atoms with E-state index in [1.165, 1.54) is 16.7 Å². The molecule has 0 aliphatic heterocycles. The summed E-state index contributed by atoms with van der Waals surface area (Å²) in [5.74, 6) is 0.702. The Morgan fingerprint density at radius 3 is 2.40 bits per heavy atom. The zero-order chi connectivity index (χ0) is 14.5. The van der Waals surface area contributed by atoms with E-state index < -0.39 is 0 Å². The summed E-state index contributed by atoms with van der Waals surface area (Å²) in [4.78, 5) is 0. The fourth-order valence-corrected chi connectivity index (χ4v) is 2.47. The molecule has 3 nitrogen and oxygen atoms in total. The van der Waals surface area contributed by atoms with E-state index in [-0.39, 0.29) is 0 Å². The van der Waals surface area contributed by atoms with Gasteiger partial charge in [0, 0.05) is 6.20 Å². The van der Waals surface area contributed by atoms with Gasteiger partial charge in [-0.05, 0) is 43.0 Å². The average Bonchev–Trinajstić information content (AvgIpc) is 2.82. The largest absolute Gasteiger partial charge is 0.311 e. The molecule has 0 saturated heterocycles. The van der Waals surface area contributed by atoms with Gasteiger partial charge in [0.15, 0.2) is 0 Å². The molecule has 0 aliphatic rings. The van der Waals surface area contributed by atoms with Crippen molar-refractivity contribution in [1.29, 1.82) is 0 Å². The molecule has 20 heavy (non-hydrogen) atoms. The second kappa shape index (κ2) is 6.71. The van der Waals surface area contributed by atoms with Gasteiger partial charge in [-0.15, -0.1) is 0 Å². The van der Waals surface area contributed by atoms with Gasteiger partial charge in [0.1, 0.15) is 0 Å². The molecule has 1 atom stereocenters. The van der Waals surface area contributed by atoms with Crippen molar-refractivity contribution < 1.29 is 0 Å². The van der Waals surface area contributed by atoms with Crippen LogP contribution in [-0.2, 0) is 13.0 Å². The van der Waals surface area contributed by atoms with Crippen molar-refractivity contribution >= 4 is 0 Å². The van der Waals surface area contributed by atoms with Crippen molar-refractivity contribution in [3.05, 3.63) is 53.3 Å². The van der Waals surface area contributed by atoms with Crippen molar-refractivity contribution in [2.24, 2.45) is 5.92 Å². The molecule has 2 rings (SSSR count). The predicted molar refractivity (Wildman–Crippen MR) is 83.7 cm³/mol. The maximum atomic E-state index is 4.36. The van der Waals surface area contributed by atoms with Crippen LogP contribution in [0.3, 0.4) is 0 Å². The lowest BCUT2D eigenvalue weighted by atomic mass is 9.99. The molecule has 0 saturated carbocycles. The Morgan fingerprint density at radius 2 is 1.90 bits per heavy atom. The van der Waals surface area contributed by atoms with Crippen LogP contribution in [0.15, 0.2) is 36.7 Å². The summed E-state index contributed by atoms with van der Waals surface area (Å²) in [6.07, 6.45) is 5.12. The second-order valence-electron chi connectivity index (χ2n) is 5.92. The van der Waals surface area contributed by atoms with E-state index in [9.17, 15) is 0 Å². The van der Waals surface area contributed by atoms with Crippen LogP contribution in [0, 0.1) is 12.8 Å². The molecule has 3 heteroatoms.